The van der Waals surface area contributed by atoms with Crippen molar-refractivity contribution in [3.05, 3.63) is 90.4 Å². The molecule has 0 aliphatic carbocycles. The third-order valence-electron chi connectivity index (χ3n) is 5.91. The monoisotopic (exact) mass is 581 g/mol. The lowest BCUT2D eigenvalue weighted by atomic mass is 10.1. The number of benzene rings is 3. The summed E-state index contributed by atoms with van der Waals surface area (Å²) in [4.78, 5) is 30.8. The van der Waals surface area contributed by atoms with Gasteiger partial charge < -0.3 is 14.8 Å². The van der Waals surface area contributed by atoms with Crippen molar-refractivity contribution in [2.75, 3.05) is 19.0 Å². The molecule has 1 amide bonds. The molecule has 0 saturated carbocycles. The number of aryl methyl sites for hydroxylation is 2. The molecule has 188 valence electrons. The lowest BCUT2D eigenvalue weighted by Crippen LogP contribution is -2.22. The molecule has 5 rings (SSSR count). The Morgan fingerprint density at radius 1 is 1.14 bits per heavy atom. The maximum atomic E-state index is 13.2. The molecule has 5 aromatic rings. The van der Waals surface area contributed by atoms with Crippen LogP contribution in [0, 0.1) is 19.7 Å². The number of nitrogens with zero attached hydrogens (tertiary/aromatic N) is 2. The van der Waals surface area contributed by atoms with Crippen molar-refractivity contribution < 1.29 is 18.7 Å². The molecule has 0 aliphatic heterocycles. The zero-order valence-corrected chi connectivity index (χ0v) is 22.5. The third-order valence-corrected chi connectivity index (χ3v) is 7.57. The first-order chi connectivity index (χ1) is 17.7. The summed E-state index contributed by atoms with van der Waals surface area (Å²) in [6, 6.07) is 12.8. The first-order valence-corrected chi connectivity index (χ1v) is 12.8. The second-order valence-corrected chi connectivity index (χ2v) is 10.3. The number of ether oxygens (including phenoxy) is 2. The van der Waals surface area contributed by atoms with Gasteiger partial charge in [0.2, 0.25) is 0 Å². The van der Waals surface area contributed by atoms with Crippen LogP contribution in [-0.4, -0.2) is 29.0 Å². The predicted octanol–water partition coefficient (Wildman–Crippen LogP) is 5.00. The molecule has 7 nitrogen and oxygen atoms in total. The summed E-state index contributed by atoms with van der Waals surface area (Å²) in [6.45, 7) is 3.76. The Morgan fingerprint density at radius 3 is 2.59 bits per heavy atom. The second kappa shape index (κ2) is 9.95. The van der Waals surface area contributed by atoms with Gasteiger partial charge in [-0.1, -0.05) is 27.3 Å². The first-order valence-electron chi connectivity index (χ1n) is 11.2. The van der Waals surface area contributed by atoms with Crippen molar-refractivity contribution in [1.29, 1.82) is 0 Å². The van der Waals surface area contributed by atoms with Crippen LogP contribution in [0.25, 0.3) is 22.1 Å². The van der Waals surface area contributed by atoms with Crippen molar-refractivity contribution in [1.82, 2.24) is 9.38 Å². The number of fused-ring (bicyclic) bond motifs is 3. The van der Waals surface area contributed by atoms with E-state index < -0.39 is 5.91 Å². The Morgan fingerprint density at radius 2 is 1.86 bits per heavy atom. The van der Waals surface area contributed by atoms with Gasteiger partial charge in [0.05, 0.1) is 22.7 Å². The van der Waals surface area contributed by atoms with E-state index in [1.807, 2.05) is 26.0 Å². The molecule has 0 saturated heterocycles. The van der Waals surface area contributed by atoms with Crippen molar-refractivity contribution in [2.24, 2.45) is 0 Å². The van der Waals surface area contributed by atoms with Crippen LogP contribution >= 0.6 is 27.3 Å². The number of methoxy groups -OCH3 is 1. The lowest BCUT2D eigenvalue weighted by molar-refractivity contribution is -0.118. The number of carbonyl (C=O) groups is 1. The molecule has 0 radical (unpaired) electrons. The summed E-state index contributed by atoms with van der Waals surface area (Å²) in [5.74, 6) is -0.0497. The summed E-state index contributed by atoms with van der Waals surface area (Å²) in [7, 11) is 1.49. The van der Waals surface area contributed by atoms with E-state index in [-0.39, 0.29) is 18.0 Å². The van der Waals surface area contributed by atoms with Gasteiger partial charge in [0.15, 0.2) is 23.1 Å². The summed E-state index contributed by atoms with van der Waals surface area (Å²) >= 11 is 4.84. The highest BCUT2D eigenvalue weighted by molar-refractivity contribution is 9.10. The van der Waals surface area contributed by atoms with Crippen LogP contribution in [0.4, 0.5) is 10.1 Å². The Kier molecular flexibility index (Phi) is 6.70. The number of nitrogens with one attached hydrogen (secondary N) is 1. The number of thiazole rings is 1. The zero-order chi connectivity index (χ0) is 26.3. The van der Waals surface area contributed by atoms with Crippen LogP contribution in [0.3, 0.4) is 0 Å². The molecular formula is C27H21BrFN3O4S. The van der Waals surface area contributed by atoms with Crippen molar-refractivity contribution in [3.63, 3.8) is 0 Å². The average Bonchev–Trinajstić information content (AvgIpc) is 3.36. The molecule has 2 aromatic heterocycles. The molecule has 3 aromatic carbocycles. The van der Waals surface area contributed by atoms with Crippen LogP contribution in [0.2, 0.25) is 0 Å². The quantitative estimate of drug-likeness (QED) is 0.305. The highest BCUT2D eigenvalue weighted by Gasteiger charge is 2.15. The highest BCUT2D eigenvalue weighted by atomic mass is 79.9. The third kappa shape index (κ3) is 4.94. The van der Waals surface area contributed by atoms with Gasteiger partial charge in [-0.05, 0) is 85.1 Å². The molecular weight excluding hydrogens is 561 g/mol. The molecule has 0 atom stereocenters. The van der Waals surface area contributed by atoms with E-state index in [9.17, 15) is 14.0 Å². The first kappa shape index (κ1) is 24.9. The van der Waals surface area contributed by atoms with Gasteiger partial charge in [-0.15, -0.1) is 0 Å². The number of halogens is 2. The average molecular weight is 582 g/mol. The fraction of sp³-hybridized carbons (Fsp3) is 0.148. The number of imidazole rings is 1. The molecule has 0 unspecified atom stereocenters. The number of hydrogen-bond acceptors (Lipinski definition) is 6. The number of hydrogen-bond donors (Lipinski definition) is 1. The molecule has 2 heterocycles. The van der Waals surface area contributed by atoms with Crippen molar-refractivity contribution in [3.8, 4) is 11.5 Å². The highest BCUT2D eigenvalue weighted by Crippen LogP contribution is 2.34. The van der Waals surface area contributed by atoms with Gasteiger partial charge in [-0.25, -0.2) is 13.8 Å². The van der Waals surface area contributed by atoms with E-state index in [1.165, 1.54) is 42.7 Å². The van der Waals surface area contributed by atoms with E-state index in [2.05, 4.69) is 26.2 Å². The number of carbonyl (C=O) groups excluding carboxylic acids is 1. The largest absolute Gasteiger partial charge is 0.493 e. The molecule has 10 heteroatoms. The molecule has 0 fully saturated rings. The zero-order valence-electron chi connectivity index (χ0n) is 20.1. The second-order valence-electron chi connectivity index (χ2n) is 8.44. The summed E-state index contributed by atoms with van der Waals surface area (Å²) in [6.07, 6.45) is 1.77. The molecule has 0 aliphatic rings. The van der Waals surface area contributed by atoms with Gasteiger partial charge in [-0.2, -0.15) is 0 Å². The Labute approximate surface area is 223 Å². The smallest absolute Gasteiger partial charge is 0.274 e. The summed E-state index contributed by atoms with van der Waals surface area (Å²) < 4.78 is 27.0. The van der Waals surface area contributed by atoms with Gasteiger partial charge >= 0.3 is 0 Å². The standard InChI is InChI=1S/C27H21BrFN3O4S/c1-14-8-20-21(9-15(14)2)32-26(34)24(37-27(32)31-20)11-16-10-22(35-3)23(12-19(16)28)36-13-25(33)30-18-6-4-17(29)5-7-18/h4-12H,13H2,1-3H3,(H,30,33)/b24-11-. The van der Waals surface area contributed by atoms with E-state index in [4.69, 9.17) is 9.47 Å². The topological polar surface area (TPSA) is 81.9 Å². The Balaban J connectivity index is 1.42. The van der Waals surface area contributed by atoms with Crippen molar-refractivity contribution in [2.45, 2.75) is 13.8 Å². The minimum Gasteiger partial charge on any atom is -0.493 e. The molecule has 37 heavy (non-hydrogen) atoms. The fourth-order valence-electron chi connectivity index (χ4n) is 3.87. The van der Waals surface area contributed by atoms with Crippen LogP contribution in [0.15, 0.2) is 57.8 Å². The minimum atomic E-state index is -0.406. The maximum Gasteiger partial charge on any atom is 0.274 e. The van der Waals surface area contributed by atoms with Crippen LogP contribution in [0.5, 0.6) is 11.5 Å². The Bertz CT molecular complexity index is 1780. The van der Waals surface area contributed by atoms with E-state index >= 15 is 0 Å². The number of rotatable bonds is 6. The molecule has 0 spiro atoms. The SMILES string of the molecule is COc1cc(/C=c2\sc3nc4cc(C)c(C)cc4n3c2=O)c(Br)cc1OCC(=O)Nc1ccc(F)cc1. The maximum absolute atomic E-state index is 13.2. The van der Waals surface area contributed by atoms with Gasteiger partial charge in [0.25, 0.3) is 11.5 Å². The van der Waals surface area contributed by atoms with Crippen LogP contribution in [-0.2, 0) is 4.79 Å². The normalized spacial score (nSPS) is 11.9. The van der Waals surface area contributed by atoms with E-state index in [1.54, 1.807) is 22.6 Å². The van der Waals surface area contributed by atoms with Gasteiger partial charge in [-0.3, -0.25) is 9.59 Å². The predicted molar refractivity (Wildman–Crippen MR) is 146 cm³/mol. The summed E-state index contributed by atoms with van der Waals surface area (Å²) in [5.41, 5.74) is 4.84. The number of amides is 1. The Hall–Kier alpha value is -3.76. The van der Waals surface area contributed by atoms with Crippen LogP contribution in [0.1, 0.15) is 16.7 Å². The van der Waals surface area contributed by atoms with E-state index in [0.717, 1.165) is 22.2 Å². The lowest BCUT2D eigenvalue weighted by Gasteiger charge is -2.13. The fourth-order valence-corrected chi connectivity index (χ4v) is 5.28. The van der Waals surface area contributed by atoms with Crippen molar-refractivity contribution >= 4 is 60.9 Å². The van der Waals surface area contributed by atoms with Crippen LogP contribution < -0.4 is 24.9 Å². The molecule has 0 bridgehead atoms. The van der Waals surface area contributed by atoms with Gasteiger partial charge in [0, 0.05) is 10.2 Å². The number of anilines is 1. The van der Waals surface area contributed by atoms with Gasteiger partial charge in [0.1, 0.15) is 5.82 Å². The molecule has 1 N–H and O–H groups in total. The summed E-state index contributed by atoms with van der Waals surface area (Å²) in [5, 5.41) is 2.64. The number of aromatic nitrogens is 2. The van der Waals surface area contributed by atoms with E-state index in [0.29, 0.717) is 36.7 Å². The minimum absolute atomic E-state index is 0.144.